The molecule has 0 saturated carbocycles. The molecule has 0 saturated heterocycles. The molecule has 0 aromatic heterocycles. The molecule has 2 nitrogen and oxygen atoms in total. The van der Waals surface area contributed by atoms with Crippen molar-refractivity contribution in [1.82, 2.24) is 5.32 Å². The van der Waals surface area contributed by atoms with Crippen molar-refractivity contribution in [1.29, 1.82) is 0 Å². The summed E-state index contributed by atoms with van der Waals surface area (Å²) in [7, 11) is 0. The Kier molecular flexibility index (Phi) is 6.81. The van der Waals surface area contributed by atoms with Gasteiger partial charge < -0.3 is 11.1 Å². The van der Waals surface area contributed by atoms with Gasteiger partial charge in [-0.1, -0.05) is 18.7 Å². The number of hydrogen-bond donors (Lipinski definition) is 2. The lowest BCUT2D eigenvalue weighted by atomic mass is 10.3. The molecule has 0 atom stereocenters. The van der Waals surface area contributed by atoms with Crippen LogP contribution in [0.3, 0.4) is 0 Å². The van der Waals surface area contributed by atoms with E-state index in [2.05, 4.69) is 11.9 Å². The molecule has 0 heterocycles. The first-order valence-electron chi connectivity index (χ1n) is 4.96. The monoisotopic (exact) mass is 204 g/mol. The normalized spacial score (nSPS) is 14.5. The van der Waals surface area contributed by atoms with Crippen LogP contribution < -0.4 is 11.1 Å². The number of nitrogens with two attached hydrogens (primary N) is 1. The fourth-order valence-electron chi connectivity index (χ4n) is 0.948. The number of nitrogens with one attached hydrogen (secondary N) is 1. The van der Waals surface area contributed by atoms with Crippen LogP contribution in [0, 0.1) is 0 Å². The second-order valence-corrected chi connectivity index (χ2v) is 3.09. The first-order chi connectivity index (χ1) is 7.13. The number of rotatable bonds is 5. The Morgan fingerprint density at radius 1 is 1.27 bits per heavy atom. The highest BCUT2D eigenvalue weighted by atomic mass is 14.9. The van der Waals surface area contributed by atoms with Crippen molar-refractivity contribution >= 4 is 0 Å². The summed E-state index contributed by atoms with van der Waals surface area (Å²) >= 11 is 0. The fourth-order valence-corrected chi connectivity index (χ4v) is 0.948. The molecule has 3 N–H and O–H groups in total. The Bertz CT molecular complexity index is 317. The average molecular weight is 204 g/mol. The summed E-state index contributed by atoms with van der Waals surface area (Å²) in [6, 6.07) is 0. The van der Waals surface area contributed by atoms with Crippen LogP contribution in [0.5, 0.6) is 0 Å². The van der Waals surface area contributed by atoms with Crippen LogP contribution in [-0.2, 0) is 0 Å². The Balaban J connectivity index is 4.47. The van der Waals surface area contributed by atoms with E-state index in [9.17, 15) is 0 Å². The maximum Gasteiger partial charge on any atom is 0.0335 e. The van der Waals surface area contributed by atoms with Crippen molar-refractivity contribution < 1.29 is 0 Å². The van der Waals surface area contributed by atoms with Crippen LogP contribution in [0.4, 0.5) is 0 Å². The van der Waals surface area contributed by atoms with Crippen molar-refractivity contribution in [3.05, 3.63) is 60.1 Å². The van der Waals surface area contributed by atoms with E-state index in [0.29, 0.717) is 5.70 Å². The van der Waals surface area contributed by atoms with Crippen LogP contribution in [0.1, 0.15) is 20.8 Å². The van der Waals surface area contributed by atoms with E-state index in [1.54, 1.807) is 6.08 Å². The van der Waals surface area contributed by atoms with Crippen molar-refractivity contribution in [2.45, 2.75) is 20.8 Å². The van der Waals surface area contributed by atoms with Gasteiger partial charge in [-0.25, -0.2) is 0 Å². The van der Waals surface area contributed by atoms with Gasteiger partial charge in [0, 0.05) is 17.1 Å². The molecular weight excluding hydrogens is 184 g/mol. The lowest BCUT2D eigenvalue weighted by Gasteiger charge is -2.05. The molecule has 82 valence electrons. The zero-order valence-electron chi connectivity index (χ0n) is 9.75. The van der Waals surface area contributed by atoms with Gasteiger partial charge in [0.2, 0.25) is 0 Å². The third kappa shape index (κ3) is 6.38. The lowest BCUT2D eigenvalue weighted by Crippen LogP contribution is -2.08. The fraction of sp³-hybridized carbons (Fsp3) is 0.231. The van der Waals surface area contributed by atoms with Crippen molar-refractivity contribution in [2.75, 3.05) is 0 Å². The Morgan fingerprint density at radius 2 is 1.93 bits per heavy atom. The molecule has 0 amide bonds. The summed E-state index contributed by atoms with van der Waals surface area (Å²) in [5.74, 6) is 0. The second-order valence-electron chi connectivity index (χ2n) is 3.09. The van der Waals surface area contributed by atoms with Gasteiger partial charge in [0.1, 0.15) is 0 Å². The van der Waals surface area contributed by atoms with Crippen LogP contribution in [-0.4, -0.2) is 0 Å². The molecule has 0 unspecified atom stereocenters. The first-order valence-corrected chi connectivity index (χ1v) is 4.96. The zero-order valence-corrected chi connectivity index (χ0v) is 9.75. The van der Waals surface area contributed by atoms with Gasteiger partial charge in [0.25, 0.3) is 0 Å². The van der Waals surface area contributed by atoms with E-state index < -0.39 is 0 Å². The number of hydrogen-bond acceptors (Lipinski definition) is 2. The maximum absolute atomic E-state index is 5.59. The predicted octanol–water partition coefficient (Wildman–Crippen LogP) is 2.99. The van der Waals surface area contributed by atoms with Crippen LogP contribution in [0.15, 0.2) is 60.1 Å². The van der Waals surface area contributed by atoms with E-state index >= 15 is 0 Å². The van der Waals surface area contributed by atoms with Gasteiger partial charge >= 0.3 is 0 Å². The van der Waals surface area contributed by atoms with Crippen LogP contribution in [0.2, 0.25) is 0 Å². The van der Waals surface area contributed by atoms with Gasteiger partial charge in [-0.05, 0) is 45.1 Å². The molecule has 0 aromatic rings. The third-order valence-corrected chi connectivity index (χ3v) is 1.76. The molecule has 0 spiro atoms. The summed E-state index contributed by atoms with van der Waals surface area (Å²) < 4.78 is 0. The summed E-state index contributed by atoms with van der Waals surface area (Å²) in [6.45, 7) is 9.54. The largest absolute Gasteiger partial charge is 0.399 e. The van der Waals surface area contributed by atoms with Crippen molar-refractivity contribution in [3.63, 3.8) is 0 Å². The summed E-state index contributed by atoms with van der Waals surface area (Å²) in [4.78, 5) is 0. The van der Waals surface area contributed by atoms with E-state index in [4.69, 9.17) is 5.73 Å². The smallest absolute Gasteiger partial charge is 0.0335 e. The second kappa shape index (κ2) is 7.68. The first kappa shape index (κ1) is 13.3. The quantitative estimate of drug-likeness (QED) is 0.676. The molecule has 0 fully saturated rings. The summed E-state index contributed by atoms with van der Waals surface area (Å²) in [5, 5.41) is 3.25. The summed E-state index contributed by atoms with van der Waals surface area (Å²) in [5.41, 5.74) is 8.34. The molecule has 0 rings (SSSR count). The Morgan fingerprint density at radius 3 is 2.40 bits per heavy atom. The minimum atomic E-state index is 0.657. The van der Waals surface area contributed by atoms with Crippen LogP contribution >= 0.6 is 0 Å². The zero-order chi connectivity index (χ0) is 11.7. The highest BCUT2D eigenvalue weighted by molar-refractivity contribution is 5.25. The van der Waals surface area contributed by atoms with E-state index in [-0.39, 0.29) is 0 Å². The Labute approximate surface area is 92.6 Å². The van der Waals surface area contributed by atoms with E-state index in [0.717, 1.165) is 11.4 Å². The van der Waals surface area contributed by atoms with E-state index in [1.165, 1.54) is 0 Å². The van der Waals surface area contributed by atoms with E-state index in [1.807, 2.05) is 51.2 Å². The maximum atomic E-state index is 5.59. The molecule has 15 heavy (non-hydrogen) atoms. The SMILES string of the molecule is C=C/C(N)=C\C=C(/C)NC(/C=C\C)=C/C. The molecule has 0 aromatic carbocycles. The van der Waals surface area contributed by atoms with Gasteiger partial charge in [0.05, 0.1) is 0 Å². The van der Waals surface area contributed by atoms with Gasteiger partial charge in [0.15, 0.2) is 0 Å². The molecule has 0 aliphatic carbocycles. The third-order valence-electron chi connectivity index (χ3n) is 1.76. The highest BCUT2D eigenvalue weighted by Crippen LogP contribution is 1.98. The van der Waals surface area contributed by atoms with Crippen molar-refractivity contribution in [2.24, 2.45) is 5.73 Å². The molecule has 0 aliphatic rings. The number of allylic oxidation sites excluding steroid dienone is 7. The highest BCUT2D eigenvalue weighted by Gasteiger charge is 1.89. The van der Waals surface area contributed by atoms with Gasteiger partial charge in [-0.2, -0.15) is 0 Å². The minimum absolute atomic E-state index is 0.657. The van der Waals surface area contributed by atoms with Crippen LogP contribution in [0.25, 0.3) is 0 Å². The summed E-state index contributed by atoms with van der Waals surface area (Å²) in [6.07, 6.45) is 11.4. The van der Waals surface area contributed by atoms with Crippen molar-refractivity contribution in [3.8, 4) is 0 Å². The molecule has 0 radical (unpaired) electrons. The molecular formula is C13H20N2. The topological polar surface area (TPSA) is 38.0 Å². The molecule has 0 bridgehead atoms. The lowest BCUT2D eigenvalue weighted by molar-refractivity contribution is 0.997. The van der Waals surface area contributed by atoms with Gasteiger partial charge in [-0.15, -0.1) is 0 Å². The molecule has 0 aliphatic heterocycles. The molecule has 2 heteroatoms. The Hall–Kier alpha value is -1.70. The standard InChI is InChI=1S/C13H20N2/c1-5-8-13(7-3)15-11(4)9-10-12(14)6-2/h5-10,15H,2,14H2,1,3-4H3/b8-5-,11-9+,12-10+,13-7+. The average Bonchev–Trinajstić information content (AvgIpc) is 2.25. The van der Waals surface area contributed by atoms with Gasteiger partial charge in [-0.3, -0.25) is 0 Å². The predicted molar refractivity (Wildman–Crippen MR) is 67.9 cm³/mol. The minimum Gasteiger partial charge on any atom is -0.399 e.